The lowest BCUT2D eigenvalue weighted by Gasteiger charge is -2.40. The number of aryl methyl sites for hydroxylation is 2. The maximum atomic E-state index is 13.7. The van der Waals surface area contributed by atoms with E-state index in [4.69, 9.17) is 0 Å². The lowest BCUT2D eigenvalue weighted by Crippen LogP contribution is -2.56. The number of aromatic hydroxyl groups is 1. The van der Waals surface area contributed by atoms with Gasteiger partial charge in [-0.3, -0.25) is 15.0 Å². The number of benzene rings is 2. The molecule has 0 aliphatic rings. The molecule has 178 valence electrons. The third kappa shape index (κ3) is 6.25. The summed E-state index contributed by atoms with van der Waals surface area (Å²) in [5.41, 5.74) is 6.68. The van der Waals surface area contributed by atoms with Crippen molar-refractivity contribution < 1.29 is 14.7 Å². The molecule has 0 spiro atoms. The van der Waals surface area contributed by atoms with Gasteiger partial charge in [-0.05, 0) is 62.8 Å². The van der Waals surface area contributed by atoms with Crippen LogP contribution in [0.2, 0.25) is 0 Å². The predicted molar refractivity (Wildman–Crippen MR) is 134 cm³/mol. The number of phenolic OH excluding ortho intramolecular Hbond substituents is 1. The molecular formula is C28H38N2O3. The van der Waals surface area contributed by atoms with Crippen molar-refractivity contribution in [3.05, 3.63) is 76.4 Å². The van der Waals surface area contributed by atoms with Gasteiger partial charge in [0.15, 0.2) is 0 Å². The van der Waals surface area contributed by atoms with Crippen LogP contribution < -0.4 is 5.43 Å². The van der Waals surface area contributed by atoms with E-state index in [0.717, 1.165) is 24.0 Å². The van der Waals surface area contributed by atoms with Crippen LogP contribution in [0.15, 0.2) is 43.0 Å². The summed E-state index contributed by atoms with van der Waals surface area (Å²) in [5.74, 6) is -0.583. The van der Waals surface area contributed by atoms with Gasteiger partial charge in [-0.2, -0.15) is 0 Å². The van der Waals surface area contributed by atoms with Crippen LogP contribution in [0, 0.1) is 26.2 Å². The zero-order chi connectivity index (χ0) is 24.9. The highest BCUT2D eigenvalue weighted by Gasteiger charge is 2.35. The number of hydrazine groups is 1. The molecule has 0 aliphatic carbocycles. The fraction of sp³-hybridized carbons (Fsp3) is 0.429. The van der Waals surface area contributed by atoms with Crippen LogP contribution in [-0.2, 0) is 6.42 Å². The first-order valence-corrected chi connectivity index (χ1v) is 11.6. The number of rotatable bonds is 7. The molecule has 2 aromatic rings. The van der Waals surface area contributed by atoms with Crippen LogP contribution in [0.5, 0.6) is 5.75 Å². The molecule has 0 saturated heterocycles. The maximum absolute atomic E-state index is 13.7. The van der Waals surface area contributed by atoms with E-state index in [1.165, 1.54) is 5.01 Å². The van der Waals surface area contributed by atoms with E-state index in [2.05, 4.69) is 39.7 Å². The highest BCUT2D eigenvalue weighted by molar-refractivity contribution is 6.00. The fourth-order valence-corrected chi connectivity index (χ4v) is 4.22. The van der Waals surface area contributed by atoms with Crippen molar-refractivity contribution in [2.24, 2.45) is 5.41 Å². The molecular weight excluding hydrogens is 412 g/mol. The molecule has 2 rings (SSSR count). The second-order valence-corrected chi connectivity index (χ2v) is 9.90. The normalized spacial score (nSPS) is 12.2. The van der Waals surface area contributed by atoms with Crippen LogP contribution >= 0.6 is 0 Å². The second-order valence-electron chi connectivity index (χ2n) is 9.90. The number of allylic oxidation sites excluding steroid dienone is 1. The van der Waals surface area contributed by atoms with Gasteiger partial charge < -0.3 is 5.11 Å². The average molecular weight is 451 g/mol. The summed E-state index contributed by atoms with van der Waals surface area (Å²) < 4.78 is 0. The van der Waals surface area contributed by atoms with Crippen LogP contribution in [0.4, 0.5) is 0 Å². The van der Waals surface area contributed by atoms with Crippen molar-refractivity contribution in [2.45, 2.75) is 73.8 Å². The molecule has 0 heterocycles. The quantitative estimate of drug-likeness (QED) is 0.399. The Bertz CT molecular complexity index is 1010. The highest BCUT2D eigenvalue weighted by Crippen LogP contribution is 2.30. The first kappa shape index (κ1) is 26.2. The van der Waals surface area contributed by atoms with Gasteiger partial charge in [-0.25, -0.2) is 5.01 Å². The van der Waals surface area contributed by atoms with Gasteiger partial charge in [0, 0.05) is 16.7 Å². The standard InChI is InChI=1S/C28H38N2O3/c1-9-11-21-13-14-23(20(5)25(21)31)26(32)29-30(24(12-10-2)28(6,7)8)27(33)22-16-18(3)15-19(4)17-22/h9,13-17,24,31H,1,10-12H2,2-8H3,(H,29,32). The summed E-state index contributed by atoms with van der Waals surface area (Å²) in [6, 6.07) is 8.91. The second kappa shape index (κ2) is 10.7. The number of hydrogen-bond donors (Lipinski definition) is 2. The van der Waals surface area contributed by atoms with E-state index < -0.39 is 5.91 Å². The summed E-state index contributed by atoms with van der Waals surface area (Å²) in [6.07, 6.45) is 3.82. The molecule has 0 fully saturated rings. The SMILES string of the molecule is C=CCc1ccc(C(=O)NN(C(=O)c2cc(C)cc(C)c2)C(CCC)C(C)(C)C)c(C)c1O. The third-order valence-electron chi connectivity index (χ3n) is 5.91. The summed E-state index contributed by atoms with van der Waals surface area (Å²) in [6.45, 7) is 17.6. The molecule has 33 heavy (non-hydrogen) atoms. The Morgan fingerprint density at radius 2 is 1.73 bits per heavy atom. The van der Waals surface area contributed by atoms with Gasteiger partial charge in [0.1, 0.15) is 5.75 Å². The van der Waals surface area contributed by atoms with Gasteiger partial charge in [0.2, 0.25) is 0 Å². The molecule has 0 aliphatic heterocycles. The van der Waals surface area contributed by atoms with Crippen molar-refractivity contribution in [1.82, 2.24) is 10.4 Å². The third-order valence-corrected chi connectivity index (χ3v) is 5.91. The topological polar surface area (TPSA) is 69.6 Å². The Labute approximate surface area is 198 Å². The van der Waals surface area contributed by atoms with Crippen molar-refractivity contribution in [3.63, 3.8) is 0 Å². The summed E-state index contributed by atoms with van der Waals surface area (Å²) >= 11 is 0. The van der Waals surface area contributed by atoms with Crippen LogP contribution in [0.3, 0.4) is 0 Å². The maximum Gasteiger partial charge on any atom is 0.272 e. The number of hydrogen-bond acceptors (Lipinski definition) is 3. The smallest absolute Gasteiger partial charge is 0.272 e. The van der Waals surface area contributed by atoms with Crippen molar-refractivity contribution in [2.75, 3.05) is 0 Å². The Morgan fingerprint density at radius 3 is 2.24 bits per heavy atom. The number of carbonyl (C=O) groups excluding carboxylic acids is 2. The fourth-order valence-electron chi connectivity index (χ4n) is 4.22. The monoisotopic (exact) mass is 450 g/mol. The number of nitrogens with zero attached hydrogens (tertiary/aromatic N) is 1. The predicted octanol–water partition coefficient (Wildman–Crippen LogP) is 6.05. The largest absolute Gasteiger partial charge is 0.507 e. The number of amides is 2. The average Bonchev–Trinajstić information content (AvgIpc) is 2.72. The molecule has 2 aromatic carbocycles. The molecule has 0 aromatic heterocycles. The number of phenols is 1. The molecule has 0 bridgehead atoms. The molecule has 1 atom stereocenters. The van der Waals surface area contributed by atoms with E-state index in [0.29, 0.717) is 28.7 Å². The Hall–Kier alpha value is -3.08. The lowest BCUT2D eigenvalue weighted by molar-refractivity contribution is 0.0270. The Morgan fingerprint density at radius 1 is 1.12 bits per heavy atom. The lowest BCUT2D eigenvalue weighted by atomic mass is 9.83. The molecule has 2 N–H and O–H groups in total. The number of nitrogens with one attached hydrogen (secondary N) is 1. The van der Waals surface area contributed by atoms with E-state index in [9.17, 15) is 14.7 Å². The van der Waals surface area contributed by atoms with E-state index >= 15 is 0 Å². The molecule has 5 heteroatoms. The van der Waals surface area contributed by atoms with Gasteiger partial charge in [0.05, 0.1) is 6.04 Å². The van der Waals surface area contributed by atoms with Gasteiger partial charge in [0.25, 0.3) is 11.8 Å². The number of carbonyl (C=O) groups is 2. The molecule has 2 amide bonds. The van der Waals surface area contributed by atoms with Gasteiger partial charge in [-0.15, -0.1) is 6.58 Å². The minimum atomic E-state index is -0.420. The van der Waals surface area contributed by atoms with Crippen LogP contribution in [0.25, 0.3) is 0 Å². The minimum absolute atomic E-state index is 0.0793. The van der Waals surface area contributed by atoms with Crippen molar-refractivity contribution in [1.29, 1.82) is 0 Å². The van der Waals surface area contributed by atoms with Gasteiger partial charge >= 0.3 is 0 Å². The van der Waals surface area contributed by atoms with Crippen LogP contribution in [-0.4, -0.2) is 28.0 Å². The molecule has 0 saturated carbocycles. The van der Waals surface area contributed by atoms with E-state index in [-0.39, 0.29) is 23.1 Å². The molecule has 1 unspecified atom stereocenters. The molecule has 5 nitrogen and oxygen atoms in total. The summed E-state index contributed by atoms with van der Waals surface area (Å²) in [5, 5.41) is 12.0. The zero-order valence-corrected chi connectivity index (χ0v) is 21.1. The zero-order valence-electron chi connectivity index (χ0n) is 21.1. The molecule has 0 radical (unpaired) electrons. The summed E-state index contributed by atoms with van der Waals surface area (Å²) in [4.78, 5) is 27.1. The Balaban J connectivity index is 2.52. The minimum Gasteiger partial charge on any atom is -0.507 e. The van der Waals surface area contributed by atoms with E-state index in [1.54, 1.807) is 25.1 Å². The van der Waals surface area contributed by atoms with Gasteiger partial charge in [-0.1, -0.05) is 63.5 Å². The van der Waals surface area contributed by atoms with Crippen LogP contribution in [0.1, 0.15) is 83.5 Å². The highest BCUT2D eigenvalue weighted by atomic mass is 16.3. The van der Waals surface area contributed by atoms with E-state index in [1.807, 2.05) is 32.0 Å². The first-order valence-electron chi connectivity index (χ1n) is 11.6. The first-order chi connectivity index (χ1) is 15.4. The summed E-state index contributed by atoms with van der Waals surface area (Å²) in [7, 11) is 0. The van der Waals surface area contributed by atoms with Crippen molar-refractivity contribution >= 4 is 11.8 Å². The van der Waals surface area contributed by atoms with Crippen molar-refractivity contribution in [3.8, 4) is 5.75 Å². The Kier molecular flexibility index (Phi) is 8.48.